The van der Waals surface area contributed by atoms with Crippen LogP contribution < -0.4 is 5.56 Å². The van der Waals surface area contributed by atoms with Gasteiger partial charge in [0.15, 0.2) is 8.32 Å². The number of carbonyl (C=O) groups excluding carboxylic acids is 1. The first-order valence-electron chi connectivity index (χ1n) is 17.5. The number of pyridine rings is 1. The smallest absolute Gasteiger partial charge is 0.320 e. The van der Waals surface area contributed by atoms with Gasteiger partial charge >= 0.3 is 6.03 Å². The number of piperidine rings is 2. The molecule has 6 nitrogen and oxygen atoms in total. The van der Waals surface area contributed by atoms with Crippen molar-refractivity contribution < 1.29 is 9.22 Å². The fraction of sp³-hybridized carbons (Fsp3) is 0.538. The molecule has 2 amide bonds. The number of likely N-dealkylation sites (tertiary alicyclic amines) is 2. The van der Waals surface area contributed by atoms with Crippen molar-refractivity contribution in [1.29, 1.82) is 0 Å². The number of nitrogens with zero attached hydrogens (tertiary/aromatic N) is 3. The summed E-state index contributed by atoms with van der Waals surface area (Å²) in [5.41, 5.74) is 3.35. The Bertz CT molecular complexity index is 1540. The fourth-order valence-electron chi connectivity index (χ4n) is 8.04. The highest BCUT2D eigenvalue weighted by atomic mass is 28.4. The molecule has 1 aliphatic carbocycles. The molecule has 0 unspecified atom stereocenters. The summed E-state index contributed by atoms with van der Waals surface area (Å²) in [7, 11) is -1.93. The quantitative estimate of drug-likeness (QED) is 0.254. The number of amides is 2. The van der Waals surface area contributed by atoms with Gasteiger partial charge in [-0.1, -0.05) is 94.3 Å². The Balaban J connectivity index is 1.18. The highest BCUT2D eigenvalue weighted by molar-refractivity contribution is 6.74. The normalized spacial score (nSPS) is 23.5. The van der Waals surface area contributed by atoms with E-state index in [1.165, 1.54) is 18.4 Å². The molecule has 3 atom stereocenters. The van der Waals surface area contributed by atoms with Gasteiger partial charge in [0.25, 0.3) is 5.56 Å². The van der Waals surface area contributed by atoms with E-state index in [0.717, 1.165) is 62.9 Å². The van der Waals surface area contributed by atoms with Gasteiger partial charge in [-0.05, 0) is 84.3 Å². The van der Waals surface area contributed by atoms with Gasteiger partial charge in [-0.25, -0.2) is 4.79 Å². The van der Waals surface area contributed by atoms with Crippen LogP contribution in [0.4, 0.5) is 4.79 Å². The standard InChI is InChI=1S/C39H53N3O3Si/c1-38(2,3)46(4,5)45-34-20-25-42(35(27-34)31-16-10-7-11-17-31)37(44)41-24-19-33(39(29-41)21-12-13-22-39)28-40-23-18-32(26-36(40)43)30-14-8-6-9-15-30/h6-11,14-18,23,26,33-35H,12-13,19-22,24-25,27-29H2,1-5H3/t33-,34+,35-/m0/s1. The predicted octanol–water partition coefficient (Wildman–Crippen LogP) is 8.75. The van der Waals surface area contributed by atoms with Crippen molar-refractivity contribution in [2.24, 2.45) is 11.3 Å². The van der Waals surface area contributed by atoms with Gasteiger partial charge in [0.05, 0.1) is 6.04 Å². The second-order valence-corrected chi connectivity index (χ2v) is 20.4. The molecule has 2 saturated heterocycles. The summed E-state index contributed by atoms with van der Waals surface area (Å²) in [6, 6.07) is 24.7. The van der Waals surface area contributed by atoms with Crippen molar-refractivity contribution in [3.05, 3.63) is 94.9 Å². The number of hydrogen-bond acceptors (Lipinski definition) is 3. The lowest BCUT2D eigenvalue weighted by Gasteiger charge is -2.50. The first kappa shape index (κ1) is 32.8. The molecule has 3 aromatic rings. The molecule has 7 heteroatoms. The van der Waals surface area contributed by atoms with Gasteiger partial charge in [0, 0.05) is 44.5 Å². The third kappa shape index (κ3) is 6.77. The van der Waals surface area contributed by atoms with Crippen LogP contribution in [0.5, 0.6) is 0 Å². The van der Waals surface area contributed by atoms with Crippen molar-refractivity contribution in [2.75, 3.05) is 19.6 Å². The first-order valence-corrected chi connectivity index (χ1v) is 20.4. The molecule has 3 fully saturated rings. The van der Waals surface area contributed by atoms with E-state index in [-0.39, 0.29) is 34.2 Å². The van der Waals surface area contributed by atoms with Gasteiger partial charge in [-0.2, -0.15) is 0 Å². The Morgan fingerprint density at radius 1 is 0.913 bits per heavy atom. The van der Waals surface area contributed by atoms with Crippen LogP contribution in [0.25, 0.3) is 11.1 Å². The zero-order chi connectivity index (χ0) is 32.5. The summed E-state index contributed by atoms with van der Waals surface area (Å²) in [6.07, 6.45) is 9.44. The van der Waals surface area contributed by atoms with Gasteiger partial charge in [-0.15, -0.1) is 0 Å². The van der Waals surface area contributed by atoms with E-state index < -0.39 is 8.32 Å². The van der Waals surface area contributed by atoms with Gasteiger partial charge in [-0.3, -0.25) is 4.79 Å². The largest absolute Gasteiger partial charge is 0.414 e. The van der Waals surface area contributed by atoms with Crippen LogP contribution >= 0.6 is 0 Å². The fourth-order valence-corrected chi connectivity index (χ4v) is 9.44. The molecule has 3 heterocycles. The van der Waals surface area contributed by atoms with Crippen LogP contribution in [0.3, 0.4) is 0 Å². The Hall–Kier alpha value is -3.16. The topological polar surface area (TPSA) is 54.8 Å². The van der Waals surface area contributed by atoms with E-state index in [1.807, 2.05) is 41.1 Å². The van der Waals surface area contributed by atoms with Crippen LogP contribution in [-0.4, -0.2) is 54.5 Å². The lowest BCUT2D eigenvalue weighted by atomic mass is 9.69. The van der Waals surface area contributed by atoms with Crippen molar-refractivity contribution in [3.63, 3.8) is 0 Å². The lowest BCUT2D eigenvalue weighted by Crippen LogP contribution is -2.57. The number of rotatable bonds is 6. The molecular weight excluding hydrogens is 587 g/mol. The van der Waals surface area contributed by atoms with Crippen molar-refractivity contribution in [2.45, 2.75) is 103 Å². The minimum Gasteiger partial charge on any atom is -0.414 e. The molecule has 1 aromatic heterocycles. The molecule has 1 spiro atoms. The van der Waals surface area contributed by atoms with E-state index in [9.17, 15) is 9.59 Å². The summed E-state index contributed by atoms with van der Waals surface area (Å²) in [6.45, 7) is 14.5. The minimum absolute atomic E-state index is 0.0103. The third-order valence-corrected chi connectivity index (χ3v) is 16.3. The summed E-state index contributed by atoms with van der Waals surface area (Å²) in [5.74, 6) is 0.382. The van der Waals surface area contributed by atoms with Crippen LogP contribution in [-0.2, 0) is 11.0 Å². The highest BCUT2D eigenvalue weighted by Crippen LogP contribution is 2.50. The van der Waals surface area contributed by atoms with Crippen LogP contribution in [0, 0.1) is 11.3 Å². The number of urea groups is 1. The number of benzene rings is 2. The molecule has 3 aliphatic rings. The van der Waals surface area contributed by atoms with Gasteiger partial charge in [0.2, 0.25) is 0 Å². The van der Waals surface area contributed by atoms with Crippen LogP contribution in [0.2, 0.25) is 18.1 Å². The summed E-state index contributed by atoms with van der Waals surface area (Å²) in [5, 5.41) is 0.150. The predicted molar refractivity (Wildman–Crippen MR) is 189 cm³/mol. The zero-order valence-electron chi connectivity index (χ0n) is 28.6. The molecule has 2 aromatic carbocycles. The van der Waals surface area contributed by atoms with Crippen molar-refractivity contribution >= 4 is 14.3 Å². The van der Waals surface area contributed by atoms with Gasteiger partial charge in [0.1, 0.15) is 0 Å². The minimum atomic E-state index is -1.93. The number of carbonyl (C=O) groups is 1. The summed E-state index contributed by atoms with van der Waals surface area (Å²) >= 11 is 0. The summed E-state index contributed by atoms with van der Waals surface area (Å²) in [4.78, 5) is 32.1. The first-order chi connectivity index (χ1) is 22.0. The molecule has 246 valence electrons. The maximum Gasteiger partial charge on any atom is 0.320 e. The van der Waals surface area contributed by atoms with Crippen LogP contribution in [0.15, 0.2) is 83.8 Å². The monoisotopic (exact) mass is 639 g/mol. The average molecular weight is 640 g/mol. The Labute approximate surface area is 276 Å². The van der Waals surface area contributed by atoms with E-state index in [4.69, 9.17) is 4.43 Å². The molecule has 2 aliphatic heterocycles. The van der Waals surface area contributed by atoms with Crippen molar-refractivity contribution in [3.8, 4) is 11.1 Å². The SMILES string of the molecule is CC(C)(C)[Si](C)(C)O[C@@H]1CCN(C(=O)N2CC[C@@H](Cn3ccc(-c4ccccc4)cc3=O)C3(CCCC3)C2)[C@H](c2ccccc2)C1. The maximum absolute atomic E-state index is 14.5. The third-order valence-electron chi connectivity index (χ3n) is 11.8. The van der Waals surface area contributed by atoms with E-state index in [2.05, 4.69) is 80.1 Å². The molecule has 46 heavy (non-hydrogen) atoms. The average Bonchev–Trinajstić information content (AvgIpc) is 3.51. The maximum atomic E-state index is 14.5. The van der Waals surface area contributed by atoms with Crippen LogP contribution in [0.1, 0.15) is 77.3 Å². The molecule has 1 saturated carbocycles. The number of hydrogen-bond donors (Lipinski definition) is 0. The number of aromatic nitrogens is 1. The van der Waals surface area contributed by atoms with E-state index in [0.29, 0.717) is 12.5 Å². The van der Waals surface area contributed by atoms with E-state index >= 15 is 0 Å². The Morgan fingerprint density at radius 3 is 2.24 bits per heavy atom. The molecular formula is C39H53N3O3Si. The molecule has 6 rings (SSSR count). The molecule has 0 bridgehead atoms. The van der Waals surface area contributed by atoms with Crippen molar-refractivity contribution in [1.82, 2.24) is 14.4 Å². The zero-order valence-corrected chi connectivity index (χ0v) is 29.6. The van der Waals surface area contributed by atoms with E-state index in [1.54, 1.807) is 6.07 Å². The second kappa shape index (κ2) is 13.2. The Morgan fingerprint density at radius 2 is 1.59 bits per heavy atom. The van der Waals surface area contributed by atoms with Gasteiger partial charge < -0.3 is 18.8 Å². The highest BCUT2D eigenvalue weighted by Gasteiger charge is 2.48. The second-order valence-electron chi connectivity index (χ2n) is 15.7. The Kier molecular flexibility index (Phi) is 9.37. The molecule has 0 N–H and O–H groups in total. The summed E-state index contributed by atoms with van der Waals surface area (Å²) < 4.78 is 8.83. The lowest BCUT2D eigenvalue weighted by molar-refractivity contribution is 0.0112. The molecule has 0 radical (unpaired) electrons.